The molecule has 0 saturated heterocycles. The summed E-state index contributed by atoms with van der Waals surface area (Å²) < 4.78 is 5.17. The summed E-state index contributed by atoms with van der Waals surface area (Å²) in [7, 11) is 0. The highest BCUT2D eigenvalue weighted by molar-refractivity contribution is 6.33. The minimum Gasteiger partial charge on any atom is -0.479 e. The van der Waals surface area contributed by atoms with Gasteiger partial charge >= 0.3 is 0 Å². The number of rotatable bonds is 4. The molecule has 0 unspecified atom stereocenters. The van der Waals surface area contributed by atoms with Crippen LogP contribution in [0.2, 0.25) is 5.02 Å². The van der Waals surface area contributed by atoms with Crippen LogP contribution in [-0.4, -0.2) is 12.5 Å². The number of benzene rings is 2. The van der Waals surface area contributed by atoms with Gasteiger partial charge in [-0.1, -0.05) is 17.7 Å². The number of nitrogens with two attached hydrogens (primary N) is 1. The van der Waals surface area contributed by atoms with Crippen molar-refractivity contribution in [3.8, 4) is 11.8 Å². The maximum absolute atomic E-state index is 12.1. The van der Waals surface area contributed by atoms with E-state index >= 15 is 0 Å². The van der Waals surface area contributed by atoms with Gasteiger partial charge in [0.2, 0.25) is 0 Å². The Morgan fingerprint density at radius 3 is 2.86 bits per heavy atom. The summed E-state index contributed by atoms with van der Waals surface area (Å²) in [5.74, 6) is 0.194. The van der Waals surface area contributed by atoms with Gasteiger partial charge in [-0.15, -0.1) is 0 Å². The van der Waals surface area contributed by atoms with Crippen LogP contribution in [0.4, 0.5) is 11.4 Å². The molecule has 0 atom stereocenters. The number of amides is 1. The van der Waals surface area contributed by atoms with Crippen molar-refractivity contribution in [2.75, 3.05) is 17.7 Å². The van der Waals surface area contributed by atoms with Crippen LogP contribution in [0.1, 0.15) is 10.4 Å². The number of nitrogens with one attached hydrogen (secondary N) is 1. The van der Waals surface area contributed by atoms with Gasteiger partial charge in [-0.3, -0.25) is 4.79 Å². The lowest BCUT2D eigenvalue weighted by Crippen LogP contribution is -2.12. The van der Waals surface area contributed by atoms with E-state index in [4.69, 9.17) is 27.3 Å². The lowest BCUT2D eigenvalue weighted by molar-refractivity contribution is 0.102. The minimum absolute atomic E-state index is 0.0506. The highest BCUT2D eigenvalue weighted by Gasteiger charge is 2.08. The smallest absolute Gasteiger partial charge is 0.255 e. The van der Waals surface area contributed by atoms with E-state index in [0.29, 0.717) is 27.7 Å². The molecule has 106 valence electrons. The molecule has 0 fully saturated rings. The van der Waals surface area contributed by atoms with Crippen molar-refractivity contribution in [2.45, 2.75) is 0 Å². The highest BCUT2D eigenvalue weighted by Crippen LogP contribution is 2.21. The lowest BCUT2D eigenvalue weighted by Gasteiger charge is -2.08. The van der Waals surface area contributed by atoms with Crippen molar-refractivity contribution in [1.29, 1.82) is 5.26 Å². The average molecular weight is 302 g/mol. The fourth-order valence-corrected chi connectivity index (χ4v) is 1.83. The minimum atomic E-state index is -0.311. The molecule has 1 amide bonds. The fourth-order valence-electron chi connectivity index (χ4n) is 1.65. The fraction of sp³-hybridized carbons (Fsp3) is 0.0667. The summed E-state index contributed by atoms with van der Waals surface area (Å²) in [4.78, 5) is 12.1. The molecular weight excluding hydrogens is 290 g/mol. The van der Waals surface area contributed by atoms with Gasteiger partial charge in [-0.05, 0) is 30.3 Å². The molecule has 2 aromatic carbocycles. The number of hydrogen-bond donors (Lipinski definition) is 2. The number of nitrogens with zero attached hydrogens (tertiary/aromatic N) is 1. The Morgan fingerprint density at radius 1 is 1.33 bits per heavy atom. The van der Waals surface area contributed by atoms with Crippen LogP contribution < -0.4 is 15.8 Å². The largest absolute Gasteiger partial charge is 0.479 e. The summed E-state index contributed by atoms with van der Waals surface area (Å²) in [5.41, 5.74) is 6.98. The standard InChI is InChI=1S/C15H12ClN3O2/c16-13-8-10(4-5-14(13)18)15(20)19-11-2-1-3-12(9-11)21-7-6-17/h1-5,8-9H,7,18H2,(H,19,20). The topological polar surface area (TPSA) is 88.1 Å². The van der Waals surface area contributed by atoms with Gasteiger partial charge in [0.15, 0.2) is 6.61 Å². The number of carbonyl (C=O) groups is 1. The molecule has 0 aliphatic carbocycles. The van der Waals surface area contributed by atoms with E-state index in [0.717, 1.165) is 0 Å². The van der Waals surface area contributed by atoms with Gasteiger partial charge in [0.1, 0.15) is 11.8 Å². The van der Waals surface area contributed by atoms with Crippen molar-refractivity contribution in [1.82, 2.24) is 0 Å². The first-order valence-electron chi connectivity index (χ1n) is 6.06. The molecule has 3 N–H and O–H groups in total. The first kappa shape index (κ1) is 14.7. The van der Waals surface area contributed by atoms with E-state index in [1.54, 1.807) is 36.4 Å². The van der Waals surface area contributed by atoms with E-state index in [2.05, 4.69) is 5.32 Å². The molecule has 0 bridgehead atoms. The molecular formula is C15H12ClN3O2. The zero-order chi connectivity index (χ0) is 15.2. The van der Waals surface area contributed by atoms with Gasteiger partial charge in [0.05, 0.1) is 10.7 Å². The van der Waals surface area contributed by atoms with Gasteiger partial charge < -0.3 is 15.8 Å². The summed E-state index contributed by atoms with van der Waals surface area (Å²) in [6.07, 6.45) is 0. The molecule has 0 aliphatic rings. The number of hydrogen-bond acceptors (Lipinski definition) is 4. The second-order valence-corrected chi connectivity index (χ2v) is 4.57. The molecule has 21 heavy (non-hydrogen) atoms. The van der Waals surface area contributed by atoms with Crippen molar-refractivity contribution < 1.29 is 9.53 Å². The predicted molar refractivity (Wildman–Crippen MR) is 81.4 cm³/mol. The summed E-state index contributed by atoms with van der Waals surface area (Å²) in [6.45, 7) is -0.0506. The Morgan fingerprint density at radius 2 is 2.14 bits per heavy atom. The van der Waals surface area contributed by atoms with Crippen LogP contribution >= 0.6 is 11.6 Å². The summed E-state index contributed by atoms with van der Waals surface area (Å²) >= 11 is 5.89. The Kier molecular flexibility index (Phi) is 4.64. The van der Waals surface area contributed by atoms with Gasteiger partial charge in [-0.2, -0.15) is 5.26 Å². The SMILES string of the molecule is N#CCOc1cccc(NC(=O)c2ccc(N)c(Cl)c2)c1. The van der Waals surface area contributed by atoms with Crippen LogP contribution in [0.5, 0.6) is 5.75 Å². The Hall–Kier alpha value is -2.71. The first-order chi connectivity index (χ1) is 10.1. The van der Waals surface area contributed by atoms with Crippen molar-refractivity contribution in [3.05, 3.63) is 53.1 Å². The van der Waals surface area contributed by atoms with Crippen molar-refractivity contribution in [3.63, 3.8) is 0 Å². The highest BCUT2D eigenvalue weighted by atomic mass is 35.5. The Balaban J connectivity index is 2.12. The Labute approximate surface area is 126 Å². The lowest BCUT2D eigenvalue weighted by atomic mass is 10.2. The molecule has 5 nitrogen and oxygen atoms in total. The third-order valence-corrected chi connectivity index (χ3v) is 2.99. The first-order valence-corrected chi connectivity index (χ1v) is 6.44. The Bertz CT molecular complexity index is 710. The van der Waals surface area contributed by atoms with E-state index in [1.807, 2.05) is 6.07 Å². The van der Waals surface area contributed by atoms with Crippen LogP contribution in [0.3, 0.4) is 0 Å². The molecule has 2 rings (SSSR count). The number of carbonyl (C=O) groups excluding carboxylic acids is 1. The van der Waals surface area contributed by atoms with Crippen molar-refractivity contribution >= 4 is 28.9 Å². The maximum Gasteiger partial charge on any atom is 0.255 e. The number of nitriles is 1. The second-order valence-electron chi connectivity index (χ2n) is 4.17. The normalized spacial score (nSPS) is 9.71. The van der Waals surface area contributed by atoms with E-state index in [1.165, 1.54) is 6.07 Å². The van der Waals surface area contributed by atoms with E-state index in [9.17, 15) is 4.79 Å². The predicted octanol–water partition coefficient (Wildman–Crippen LogP) is 3.08. The molecule has 0 aliphatic heterocycles. The van der Waals surface area contributed by atoms with Crippen molar-refractivity contribution in [2.24, 2.45) is 0 Å². The van der Waals surface area contributed by atoms with Crippen LogP contribution in [0.25, 0.3) is 0 Å². The maximum atomic E-state index is 12.1. The monoisotopic (exact) mass is 301 g/mol. The second kappa shape index (κ2) is 6.64. The molecule has 0 saturated carbocycles. The third kappa shape index (κ3) is 3.88. The van der Waals surface area contributed by atoms with E-state index in [-0.39, 0.29) is 12.5 Å². The summed E-state index contributed by atoms with van der Waals surface area (Å²) in [5, 5.41) is 11.5. The van der Waals surface area contributed by atoms with Gasteiger partial charge in [0.25, 0.3) is 5.91 Å². The molecule has 0 aromatic heterocycles. The van der Waals surface area contributed by atoms with Crippen LogP contribution in [0.15, 0.2) is 42.5 Å². The molecule has 0 spiro atoms. The zero-order valence-electron chi connectivity index (χ0n) is 11.0. The number of nitrogen functional groups attached to an aromatic ring is 1. The molecule has 6 heteroatoms. The zero-order valence-corrected chi connectivity index (χ0v) is 11.7. The average Bonchev–Trinajstić information content (AvgIpc) is 2.48. The number of halogens is 1. The van der Waals surface area contributed by atoms with Gasteiger partial charge in [-0.25, -0.2) is 0 Å². The molecule has 0 heterocycles. The molecule has 0 radical (unpaired) electrons. The van der Waals surface area contributed by atoms with Crippen LogP contribution in [-0.2, 0) is 0 Å². The number of ether oxygens (including phenoxy) is 1. The van der Waals surface area contributed by atoms with Gasteiger partial charge in [0, 0.05) is 17.3 Å². The van der Waals surface area contributed by atoms with E-state index < -0.39 is 0 Å². The molecule has 2 aromatic rings. The summed E-state index contributed by atoms with van der Waals surface area (Å²) in [6, 6.07) is 13.3. The number of anilines is 2. The third-order valence-electron chi connectivity index (χ3n) is 2.66. The van der Waals surface area contributed by atoms with Crippen LogP contribution in [0, 0.1) is 11.3 Å². The quantitative estimate of drug-likeness (QED) is 0.849.